The zero-order valence-corrected chi connectivity index (χ0v) is 13.5. The minimum absolute atomic E-state index is 0.181. The molecule has 2 aliphatic heterocycles. The molecule has 0 N–H and O–H groups in total. The van der Waals surface area contributed by atoms with E-state index in [4.69, 9.17) is 0 Å². The van der Waals surface area contributed by atoms with E-state index in [1.165, 1.54) is 0 Å². The Bertz CT molecular complexity index is 716. The third-order valence-corrected chi connectivity index (χ3v) is 4.29. The minimum Gasteiger partial charge on any atom is -0.311 e. The topological polar surface area (TPSA) is 78.0 Å². The molecule has 0 aromatic heterocycles. The van der Waals surface area contributed by atoms with E-state index >= 15 is 0 Å². The number of amides is 5. The number of para-hydroxylation sites is 1. The molecule has 24 heavy (non-hydrogen) atoms. The summed E-state index contributed by atoms with van der Waals surface area (Å²) in [6, 6.07) is 6.89. The molecule has 2 heterocycles. The van der Waals surface area contributed by atoms with Crippen LogP contribution in [0.5, 0.6) is 0 Å². The summed E-state index contributed by atoms with van der Waals surface area (Å²) in [5.41, 5.74) is 1.88. The summed E-state index contributed by atoms with van der Waals surface area (Å²) in [5.74, 6) is -2.13. The number of carbonyl (C=O) groups excluding carboxylic acids is 4. The lowest BCUT2D eigenvalue weighted by Gasteiger charge is -2.30. The average molecular weight is 329 g/mol. The normalized spacial score (nSPS) is 17.5. The highest BCUT2D eigenvalue weighted by atomic mass is 16.2. The fraction of sp³-hybridized carbons (Fsp3) is 0.412. The first-order valence-electron chi connectivity index (χ1n) is 8.10. The summed E-state index contributed by atoms with van der Waals surface area (Å²) in [6.07, 6.45) is 2.28. The van der Waals surface area contributed by atoms with Gasteiger partial charge in [0.25, 0.3) is 0 Å². The highest BCUT2D eigenvalue weighted by Gasteiger charge is 2.45. The van der Waals surface area contributed by atoms with Crippen molar-refractivity contribution in [3.05, 3.63) is 29.8 Å². The molecule has 0 atom stereocenters. The lowest BCUT2D eigenvalue weighted by molar-refractivity contribution is -0.143. The molecule has 1 aromatic carbocycles. The van der Waals surface area contributed by atoms with Crippen molar-refractivity contribution in [2.45, 2.75) is 26.2 Å². The van der Waals surface area contributed by atoms with Crippen LogP contribution in [0.1, 0.15) is 25.3 Å². The molecular weight excluding hydrogens is 310 g/mol. The number of fused-ring (bicyclic) bond motifs is 1. The number of aryl methyl sites for hydroxylation is 1. The van der Waals surface area contributed by atoms with Crippen LogP contribution in [-0.2, 0) is 20.8 Å². The fourth-order valence-electron chi connectivity index (χ4n) is 3.12. The van der Waals surface area contributed by atoms with E-state index < -0.39 is 24.4 Å². The molecule has 0 bridgehead atoms. The molecule has 0 radical (unpaired) electrons. The van der Waals surface area contributed by atoms with E-state index in [1.807, 2.05) is 31.2 Å². The van der Waals surface area contributed by atoms with Crippen molar-refractivity contribution in [3.8, 4) is 0 Å². The summed E-state index contributed by atoms with van der Waals surface area (Å²) in [4.78, 5) is 52.0. The maximum Gasteiger partial charge on any atom is 0.334 e. The van der Waals surface area contributed by atoms with Gasteiger partial charge in [0.2, 0.25) is 5.91 Å². The lowest BCUT2D eigenvalue weighted by Crippen LogP contribution is -2.45. The second-order valence-electron chi connectivity index (χ2n) is 5.91. The van der Waals surface area contributed by atoms with Crippen LogP contribution in [0.15, 0.2) is 24.3 Å². The third kappa shape index (κ3) is 2.66. The molecule has 1 aromatic rings. The SMILES string of the molecule is CCCN1C(=O)C(=O)N(CC(=O)N2CCCc3ccccc32)C1=O. The Balaban J connectivity index is 1.77. The van der Waals surface area contributed by atoms with Crippen molar-refractivity contribution >= 4 is 29.4 Å². The Kier molecular flexibility index (Phi) is 4.33. The van der Waals surface area contributed by atoms with Gasteiger partial charge in [-0.05, 0) is 30.9 Å². The summed E-state index contributed by atoms with van der Waals surface area (Å²) in [6.45, 7) is 2.13. The molecule has 126 valence electrons. The van der Waals surface area contributed by atoms with Crippen LogP contribution in [0.3, 0.4) is 0 Å². The molecule has 0 spiro atoms. The molecule has 0 saturated carbocycles. The van der Waals surface area contributed by atoms with Gasteiger partial charge < -0.3 is 4.90 Å². The van der Waals surface area contributed by atoms with Crippen molar-refractivity contribution in [1.82, 2.24) is 9.80 Å². The molecule has 2 aliphatic rings. The zero-order valence-electron chi connectivity index (χ0n) is 13.5. The van der Waals surface area contributed by atoms with Crippen LogP contribution in [0.25, 0.3) is 0 Å². The van der Waals surface area contributed by atoms with Crippen LogP contribution < -0.4 is 4.90 Å². The molecule has 5 amide bonds. The van der Waals surface area contributed by atoms with Gasteiger partial charge in [0.15, 0.2) is 0 Å². The van der Waals surface area contributed by atoms with Gasteiger partial charge in [-0.3, -0.25) is 19.3 Å². The monoisotopic (exact) mass is 329 g/mol. The minimum atomic E-state index is -0.924. The fourth-order valence-corrected chi connectivity index (χ4v) is 3.12. The van der Waals surface area contributed by atoms with E-state index in [0.717, 1.165) is 33.9 Å². The molecule has 1 saturated heterocycles. The second kappa shape index (κ2) is 6.43. The molecule has 3 rings (SSSR count). The van der Waals surface area contributed by atoms with Gasteiger partial charge >= 0.3 is 17.8 Å². The number of hydrogen-bond donors (Lipinski definition) is 0. The second-order valence-corrected chi connectivity index (χ2v) is 5.91. The Morgan fingerprint density at radius 2 is 1.79 bits per heavy atom. The third-order valence-electron chi connectivity index (χ3n) is 4.29. The van der Waals surface area contributed by atoms with E-state index in [9.17, 15) is 19.2 Å². The smallest absolute Gasteiger partial charge is 0.311 e. The number of anilines is 1. The maximum atomic E-state index is 12.6. The van der Waals surface area contributed by atoms with E-state index in [2.05, 4.69) is 0 Å². The van der Waals surface area contributed by atoms with Crippen molar-refractivity contribution < 1.29 is 19.2 Å². The quantitative estimate of drug-likeness (QED) is 0.613. The zero-order chi connectivity index (χ0) is 17.3. The Hall–Kier alpha value is -2.70. The van der Waals surface area contributed by atoms with Crippen molar-refractivity contribution in [3.63, 3.8) is 0 Å². The van der Waals surface area contributed by atoms with Crippen molar-refractivity contribution in [1.29, 1.82) is 0 Å². The number of urea groups is 1. The van der Waals surface area contributed by atoms with Crippen LogP contribution in [0.2, 0.25) is 0 Å². The van der Waals surface area contributed by atoms with Crippen LogP contribution in [0, 0.1) is 0 Å². The molecule has 0 aliphatic carbocycles. The number of imide groups is 2. The van der Waals surface area contributed by atoms with E-state index in [1.54, 1.807) is 4.90 Å². The van der Waals surface area contributed by atoms with Crippen LogP contribution in [0.4, 0.5) is 10.5 Å². The predicted molar refractivity (Wildman–Crippen MR) is 86.2 cm³/mol. The molecule has 7 nitrogen and oxygen atoms in total. The summed E-state index contributed by atoms with van der Waals surface area (Å²) < 4.78 is 0. The standard InChI is InChI=1S/C17H19N3O4/c1-2-9-19-15(22)16(23)20(17(19)24)11-14(21)18-10-5-7-12-6-3-4-8-13(12)18/h3-4,6,8H,2,5,7,9-11H2,1H3. The molecule has 7 heteroatoms. The number of rotatable bonds is 4. The number of nitrogens with zero attached hydrogens (tertiary/aromatic N) is 3. The summed E-state index contributed by atoms with van der Waals surface area (Å²) in [5, 5.41) is 0. The molecule has 0 unspecified atom stereocenters. The van der Waals surface area contributed by atoms with E-state index in [0.29, 0.717) is 13.0 Å². The van der Waals surface area contributed by atoms with Gasteiger partial charge in [-0.15, -0.1) is 0 Å². The largest absolute Gasteiger partial charge is 0.334 e. The van der Waals surface area contributed by atoms with Gasteiger partial charge in [-0.2, -0.15) is 0 Å². The average Bonchev–Trinajstić information content (AvgIpc) is 2.79. The van der Waals surface area contributed by atoms with Crippen LogP contribution in [-0.4, -0.2) is 53.2 Å². The molecular formula is C17H19N3O4. The lowest BCUT2D eigenvalue weighted by atomic mass is 10.0. The van der Waals surface area contributed by atoms with Gasteiger partial charge in [0.05, 0.1) is 0 Å². The van der Waals surface area contributed by atoms with Gasteiger partial charge in [0.1, 0.15) is 6.54 Å². The maximum absolute atomic E-state index is 12.6. The first-order valence-corrected chi connectivity index (χ1v) is 8.10. The Morgan fingerprint density at radius 1 is 1.08 bits per heavy atom. The first-order chi connectivity index (χ1) is 11.5. The number of benzene rings is 1. The van der Waals surface area contributed by atoms with E-state index in [-0.39, 0.29) is 12.5 Å². The number of hydrogen-bond acceptors (Lipinski definition) is 4. The first kappa shape index (κ1) is 16.2. The predicted octanol–water partition coefficient (Wildman–Crippen LogP) is 1.17. The highest BCUT2D eigenvalue weighted by molar-refractivity contribution is 6.45. The molecule has 1 fully saturated rings. The van der Waals surface area contributed by atoms with Crippen molar-refractivity contribution in [2.75, 3.05) is 24.5 Å². The van der Waals surface area contributed by atoms with Crippen LogP contribution >= 0.6 is 0 Å². The van der Waals surface area contributed by atoms with Gasteiger partial charge in [-0.1, -0.05) is 25.1 Å². The summed E-state index contributed by atoms with van der Waals surface area (Å²) in [7, 11) is 0. The summed E-state index contributed by atoms with van der Waals surface area (Å²) >= 11 is 0. The Labute approximate surface area is 139 Å². The van der Waals surface area contributed by atoms with Gasteiger partial charge in [0, 0.05) is 18.8 Å². The number of carbonyl (C=O) groups is 4. The van der Waals surface area contributed by atoms with Crippen molar-refractivity contribution in [2.24, 2.45) is 0 Å². The van der Waals surface area contributed by atoms with Gasteiger partial charge in [-0.25, -0.2) is 9.69 Å². The highest BCUT2D eigenvalue weighted by Crippen LogP contribution is 2.27. The Morgan fingerprint density at radius 3 is 2.54 bits per heavy atom.